The summed E-state index contributed by atoms with van der Waals surface area (Å²) in [6.07, 6.45) is 4.68. The number of benzene rings is 2. The number of ether oxygens (including phenoxy) is 1. The zero-order valence-corrected chi connectivity index (χ0v) is 19.0. The third-order valence-corrected chi connectivity index (χ3v) is 6.12. The molecule has 7 heteroatoms. The molecule has 1 fully saturated rings. The molecule has 160 valence electrons. The van der Waals surface area contributed by atoms with E-state index in [9.17, 15) is 0 Å². The second-order valence-corrected chi connectivity index (χ2v) is 8.73. The lowest BCUT2D eigenvalue weighted by molar-refractivity contribution is 0.435. The van der Waals surface area contributed by atoms with Gasteiger partial charge >= 0.3 is 0 Å². The van der Waals surface area contributed by atoms with Crippen LogP contribution in [0.3, 0.4) is 0 Å². The van der Waals surface area contributed by atoms with Crippen LogP contribution in [0.2, 0.25) is 5.02 Å². The number of anilines is 1. The molecule has 0 bridgehead atoms. The van der Waals surface area contributed by atoms with Crippen LogP contribution in [0, 0.1) is 6.92 Å². The molecule has 2 aromatic carbocycles. The predicted molar refractivity (Wildman–Crippen MR) is 129 cm³/mol. The molecule has 0 atom stereocenters. The zero-order chi connectivity index (χ0) is 21.7. The second-order valence-electron chi connectivity index (χ2n) is 7.89. The molecule has 0 amide bonds. The van der Waals surface area contributed by atoms with Crippen LogP contribution in [0.4, 0.5) is 5.95 Å². The Balaban J connectivity index is 1.42. The Morgan fingerprint density at radius 2 is 1.77 bits per heavy atom. The monoisotopic (exact) mass is 452 g/mol. The van der Waals surface area contributed by atoms with Crippen LogP contribution in [-0.4, -0.2) is 21.6 Å². The smallest absolute Gasteiger partial charge is 0.232 e. The topological polar surface area (TPSA) is 59.1 Å². The Morgan fingerprint density at radius 1 is 1.06 bits per heavy atom. The van der Waals surface area contributed by atoms with Crippen molar-refractivity contribution in [2.75, 3.05) is 11.9 Å². The van der Waals surface area contributed by atoms with E-state index in [-0.39, 0.29) is 5.41 Å². The van der Waals surface area contributed by atoms with Gasteiger partial charge in [0.15, 0.2) is 5.11 Å². The molecule has 0 aliphatic heterocycles. The van der Waals surface area contributed by atoms with Crippen LogP contribution in [0.5, 0.6) is 11.6 Å². The van der Waals surface area contributed by atoms with Crippen molar-refractivity contribution in [2.45, 2.75) is 38.0 Å². The van der Waals surface area contributed by atoms with Gasteiger partial charge in [0.25, 0.3) is 0 Å². The van der Waals surface area contributed by atoms with Crippen LogP contribution < -0.4 is 15.4 Å². The predicted octanol–water partition coefficient (Wildman–Crippen LogP) is 6.03. The van der Waals surface area contributed by atoms with Gasteiger partial charge in [0.1, 0.15) is 5.75 Å². The van der Waals surface area contributed by atoms with Gasteiger partial charge in [-0.15, -0.1) is 0 Å². The molecule has 5 nitrogen and oxygen atoms in total. The fourth-order valence-electron chi connectivity index (χ4n) is 4.08. The van der Waals surface area contributed by atoms with E-state index in [0.29, 0.717) is 16.9 Å². The van der Waals surface area contributed by atoms with E-state index >= 15 is 0 Å². The van der Waals surface area contributed by atoms with Gasteiger partial charge in [-0.2, -0.15) is 4.98 Å². The number of nitrogens with one attached hydrogen (secondary N) is 2. The molecule has 3 aromatic rings. The molecule has 1 aliphatic carbocycles. The van der Waals surface area contributed by atoms with Crippen LogP contribution in [0.1, 0.15) is 36.9 Å². The molecule has 31 heavy (non-hydrogen) atoms. The van der Waals surface area contributed by atoms with E-state index in [0.717, 1.165) is 35.9 Å². The molecule has 1 heterocycles. The highest BCUT2D eigenvalue weighted by Crippen LogP contribution is 2.41. The summed E-state index contributed by atoms with van der Waals surface area (Å²) < 4.78 is 5.84. The van der Waals surface area contributed by atoms with Crippen molar-refractivity contribution >= 4 is 34.9 Å². The number of para-hydroxylation sites is 1. The zero-order valence-electron chi connectivity index (χ0n) is 17.4. The average molecular weight is 453 g/mol. The van der Waals surface area contributed by atoms with Crippen molar-refractivity contribution in [3.05, 3.63) is 76.9 Å². The number of nitrogens with zero attached hydrogens (tertiary/aromatic N) is 2. The number of rotatable bonds is 6. The molecule has 0 radical (unpaired) electrons. The van der Waals surface area contributed by atoms with Gasteiger partial charge in [0.2, 0.25) is 11.8 Å². The first-order chi connectivity index (χ1) is 15.0. The standard InChI is InChI=1S/C24H25ClN4OS/c1-17-15-21(30-20-7-3-2-4-8-20)28-22(27-17)29-23(31)26-16-24(13-5-6-14-24)18-9-11-19(25)12-10-18/h2-4,7-12,15H,5-6,13-14,16H2,1H3,(H2,26,27,28,29,31). The maximum Gasteiger partial charge on any atom is 0.232 e. The molecular weight excluding hydrogens is 428 g/mol. The van der Waals surface area contributed by atoms with Gasteiger partial charge in [0, 0.05) is 28.7 Å². The van der Waals surface area contributed by atoms with Crippen LogP contribution in [-0.2, 0) is 5.41 Å². The summed E-state index contributed by atoms with van der Waals surface area (Å²) in [5, 5.41) is 7.74. The SMILES string of the molecule is Cc1cc(Oc2ccccc2)nc(NC(=S)NCC2(c3ccc(Cl)cc3)CCCC2)n1. The first-order valence-corrected chi connectivity index (χ1v) is 11.2. The van der Waals surface area contributed by atoms with E-state index < -0.39 is 0 Å². The Kier molecular flexibility index (Phi) is 6.68. The number of thiocarbonyl (C=S) groups is 1. The fraction of sp³-hybridized carbons (Fsp3) is 0.292. The minimum Gasteiger partial charge on any atom is -0.439 e. The highest BCUT2D eigenvalue weighted by Gasteiger charge is 2.35. The molecule has 1 aliphatic rings. The largest absolute Gasteiger partial charge is 0.439 e. The molecular formula is C24H25ClN4OS. The summed E-state index contributed by atoms with van der Waals surface area (Å²) in [6.45, 7) is 2.65. The number of aromatic nitrogens is 2. The van der Waals surface area contributed by atoms with Gasteiger partial charge in [-0.1, -0.05) is 54.8 Å². The van der Waals surface area contributed by atoms with Crippen LogP contribution in [0.15, 0.2) is 60.7 Å². The summed E-state index contributed by atoms with van der Waals surface area (Å²) in [6, 6.07) is 19.5. The Labute approximate surface area is 193 Å². The quantitative estimate of drug-likeness (QED) is 0.445. The number of hydrogen-bond donors (Lipinski definition) is 2. The first kappa shape index (κ1) is 21.5. The van der Waals surface area contributed by atoms with E-state index in [2.05, 4.69) is 32.7 Å². The highest BCUT2D eigenvalue weighted by molar-refractivity contribution is 7.80. The normalized spacial score (nSPS) is 14.8. The molecule has 0 spiro atoms. The van der Waals surface area contributed by atoms with E-state index in [1.807, 2.05) is 49.4 Å². The lowest BCUT2D eigenvalue weighted by Crippen LogP contribution is -2.41. The Morgan fingerprint density at radius 3 is 2.48 bits per heavy atom. The van der Waals surface area contributed by atoms with E-state index in [1.165, 1.54) is 18.4 Å². The Hall–Kier alpha value is -2.70. The van der Waals surface area contributed by atoms with Crippen molar-refractivity contribution in [3.63, 3.8) is 0 Å². The second kappa shape index (κ2) is 9.62. The third kappa shape index (κ3) is 5.51. The molecule has 1 saturated carbocycles. The molecule has 0 unspecified atom stereocenters. The summed E-state index contributed by atoms with van der Waals surface area (Å²) in [7, 11) is 0. The summed E-state index contributed by atoms with van der Waals surface area (Å²) in [5.41, 5.74) is 2.15. The van der Waals surface area contributed by atoms with Crippen molar-refractivity contribution < 1.29 is 4.74 Å². The van der Waals surface area contributed by atoms with Gasteiger partial charge in [-0.05, 0) is 61.8 Å². The summed E-state index contributed by atoms with van der Waals surface area (Å²) in [5.74, 6) is 1.60. The van der Waals surface area contributed by atoms with Crippen molar-refractivity contribution in [1.29, 1.82) is 0 Å². The maximum absolute atomic E-state index is 6.09. The number of halogens is 1. The number of aryl methyl sites for hydroxylation is 1. The van der Waals surface area contributed by atoms with E-state index in [1.54, 1.807) is 6.07 Å². The summed E-state index contributed by atoms with van der Waals surface area (Å²) in [4.78, 5) is 8.88. The summed E-state index contributed by atoms with van der Waals surface area (Å²) >= 11 is 11.6. The fourth-order valence-corrected chi connectivity index (χ4v) is 4.36. The third-order valence-electron chi connectivity index (χ3n) is 5.63. The molecule has 0 saturated heterocycles. The maximum atomic E-state index is 6.09. The molecule has 2 N–H and O–H groups in total. The van der Waals surface area contributed by atoms with Crippen molar-refractivity contribution in [1.82, 2.24) is 15.3 Å². The van der Waals surface area contributed by atoms with Gasteiger partial charge < -0.3 is 15.4 Å². The molecule has 1 aromatic heterocycles. The van der Waals surface area contributed by atoms with Gasteiger partial charge in [-0.3, -0.25) is 0 Å². The minimum absolute atomic E-state index is 0.0609. The first-order valence-electron chi connectivity index (χ1n) is 10.4. The van der Waals surface area contributed by atoms with Crippen LogP contribution >= 0.6 is 23.8 Å². The molecule has 4 rings (SSSR count). The van der Waals surface area contributed by atoms with Crippen molar-refractivity contribution in [3.8, 4) is 11.6 Å². The highest BCUT2D eigenvalue weighted by atomic mass is 35.5. The van der Waals surface area contributed by atoms with Gasteiger partial charge in [-0.25, -0.2) is 4.98 Å². The van der Waals surface area contributed by atoms with E-state index in [4.69, 9.17) is 28.6 Å². The lowest BCUT2D eigenvalue weighted by atomic mass is 9.79. The van der Waals surface area contributed by atoms with Crippen LogP contribution in [0.25, 0.3) is 0 Å². The van der Waals surface area contributed by atoms with Crippen molar-refractivity contribution in [2.24, 2.45) is 0 Å². The van der Waals surface area contributed by atoms with Gasteiger partial charge in [0.05, 0.1) is 0 Å². The minimum atomic E-state index is 0.0609. The number of hydrogen-bond acceptors (Lipinski definition) is 4. The lowest BCUT2D eigenvalue weighted by Gasteiger charge is -2.30. The Bertz CT molecular complexity index is 1040. The average Bonchev–Trinajstić information content (AvgIpc) is 3.23.